The van der Waals surface area contributed by atoms with Crippen molar-refractivity contribution in [2.24, 2.45) is 0 Å². The molecule has 0 bridgehead atoms. The molecule has 176 valence electrons. The number of rotatable bonds is 7. The van der Waals surface area contributed by atoms with E-state index in [0.29, 0.717) is 41.4 Å². The first-order chi connectivity index (χ1) is 16.2. The summed E-state index contributed by atoms with van der Waals surface area (Å²) in [6.45, 7) is 6.36. The molecule has 4 aromatic heterocycles. The van der Waals surface area contributed by atoms with E-state index in [-0.39, 0.29) is 11.6 Å². The lowest BCUT2D eigenvalue weighted by Crippen LogP contribution is -2.22. The molecule has 1 aromatic carbocycles. The number of nitrogens with one attached hydrogen (secondary N) is 3. The number of hydrogen-bond donors (Lipinski definition) is 4. The van der Waals surface area contributed by atoms with Gasteiger partial charge in [-0.3, -0.25) is 19.8 Å². The van der Waals surface area contributed by atoms with Gasteiger partial charge in [-0.1, -0.05) is 0 Å². The predicted molar refractivity (Wildman–Crippen MR) is 132 cm³/mol. The average molecular weight is 480 g/mol. The number of anilines is 1. The van der Waals surface area contributed by atoms with E-state index in [1.165, 1.54) is 11.3 Å². The van der Waals surface area contributed by atoms with Crippen LogP contribution in [0.2, 0.25) is 0 Å². The summed E-state index contributed by atoms with van der Waals surface area (Å²) in [6.07, 6.45) is 3.94. The van der Waals surface area contributed by atoms with Crippen LogP contribution in [0, 0.1) is 0 Å². The largest absolute Gasteiger partial charge is 0.390 e. The van der Waals surface area contributed by atoms with Crippen molar-refractivity contribution in [3.63, 3.8) is 0 Å². The van der Waals surface area contributed by atoms with Crippen LogP contribution in [0.1, 0.15) is 36.9 Å². The van der Waals surface area contributed by atoms with Gasteiger partial charge in [-0.05, 0) is 51.5 Å². The van der Waals surface area contributed by atoms with Gasteiger partial charge in [0.05, 0.1) is 38.7 Å². The Morgan fingerprint density at radius 1 is 1.24 bits per heavy atom. The van der Waals surface area contributed by atoms with E-state index in [1.807, 2.05) is 29.7 Å². The molecule has 0 saturated heterocycles. The summed E-state index contributed by atoms with van der Waals surface area (Å²) in [5.74, 6) is 0.121. The monoisotopic (exact) mass is 479 g/mol. The van der Waals surface area contributed by atoms with Crippen LogP contribution in [0.25, 0.3) is 32.5 Å². The second-order valence-corrected chi connectivity index (χ2v) is 9.87. The minimum absolute atomic E-state index is 0.173. The minimum Gasteiger partial charge on any atom is -0.390 e. The van der Waals surface area contributed by atoms with E-state index in [1.54, 1.807) is 36.9 Å². The third-order valence-electron chi connectivity index (χ3n) is 5.74. The highest BCUT2D eigenvalue weighted by Crippen LogP contribution is 2.29. The second kappa shape index (κ2) is 8.26. The highest BCUT2D eigenvalue weighted by Gasteiger charge is 2.20. The number of aliphatic hydroxyl groups is 1. The highest BCUT2D eigenvalue weighted by atomic mass is 32.1. The number of thiophene rings is 1. The number of nitrogens with zero attached hydrogens (tertiary/aromatic N) is 4. The Bertz CT molecular complexity index is 1550. The molecule has 4 heterocycles. The molecule has 4 N–H and O–H groups in total. The van der Waals surface area contributed by atoms with Gasteiger partial charge in [-0.15, -0.1) is 11.3 Å². The van der Waals surface area contributed by atoms with Crippen molar-refractivity contribution >= 4 is 45.3 Å². The number of aryl methyl sites for hydroxylation is 2. The maximum atomic E-state index is 13.1. The lowest BCUT2D eigenvalue weighted by Gasteiger charge is -2.18. The summed E-state index contributed by atoms with van der Waals surface area (Å²) in [7, 11) is 0. The first-order valence-corrected chi connectivity index (χ1v) is 11.8. The van der Waals surface area contributed by atoms with Gasteiger partial charge in [0.25, 0.3) is 5.91 Å². The number of aromatic nitrogens is 6. The molecule has 10 nitrogen and oxygen atoms in total. The zero-order valence-electron chi connectivity index (χ0n) is 19.0. The topological polar surface area (TPSA) is 134 Å². The summed E-state index contributed by atoms with van der Waals surface area (Å²) >= 11 is 1.37. The number of benzene rings is 1. The van der Waals surface area contributed by atoms with Gasteiger partial charge >= 0.3 is 5.69 Å². The Kier molecular flexibility index (Phi) is 5.37. The lowest BCUT2D eigenvalue weighted by atomic mass is 10.1. The highest BCUT2D eigenvalue weighted by molar-refractivity contribution is 7.17. The average Bonchev–Trinajstić information content (AvgIpc) is 3.55. The predicted octanol–water partition coefficient (Wildman–Crippen LogP) is 3.56. The van der Waals surface area contributed by atoms with Crippen molar-refractivity contribution < 1.29 is 9.90 Å². The Hall–Kier alpha value is -3.70. The summed E-state index contributed by atoms with van der Waals surface area (Å²) in [5, 5.41) is 20.0. The first-order valence-electron chi connectivity index (χ1n) is 11.0. The van der Waals surface area contributed by atoms with E-state index >= 15 is 0 Å². The van der Waals surface area contributed by atoms with Crippen molar-refractivity contribution in [2.45, 2.75) is 45.9 Å². The third kappa shape index (κ3) is 4.03. The Balaban J connectivity index is 1.54. The van der Waals surface area contributed by atoms with Crippen LogP contribution in [-0.4, -0.2) is 45.9 Å². The van der Waals surface area contributed by atoms with E-state index in [2.05, 4.69) is 25.5 Å². The number of imidazole rings is 2. The fourth-order valence-electron chi connectivity index (χ4n) is 3.96. The normalized spacial score (nSPS) is 12.1. The molecule has 0 unspecified atom stereocenters. The summed E-state index contributed by atoms with van der Waals surface area (Å²) in [5.41, 5.74) is 2.73. The fraction of sp³-hybridized carbons (Fsp3) is 0.304. The number of H-pyrrole nitrogens is 2. The quantitative estimate of drug-likeness (QED) is 0.283. The molecule has 5 aromatic rings. The molecule has 1 amide bonds. The van der Waals surface area contributed by atoms with Crippen LogP contribution < -0.4 is 11.0 Å². The molecule has 0 atom stereocenters. The van der Waals surface area contributed by atoms with Crippen LogP contribution in [0.15, 0.2) is 41.5 Å². The Morgan fingerprint density at radius 2 is 2.06 bits per heavy atom. The van der Waals surface area contributed by atoms with Crippen molar-refractivity contribution in [1.29, 1.82) is 0 Å². The van der Waals surface area contributed by atoms with E-state index in [0.717, 1.165) is 21.5 Å². The molecular formula is C23H25N7O3S. The van der Waals surface area contributed by atoms with E-state index < -0.39 is 5.60 Å². The zero-order valence-corrected chi connectivity index (χ0v) is 19.9. The number of aromatic amines is 2. The molecule has 0 saturated carbocycles. The molecule has 0 aliphatic heterocycles. The summed E-state index contributed by atoms with van der Waals surface area (Å²) in [4.78, 5) is 34.3. The molecule has 5 rings (SSSR count). The van der Waals surface area contributed by atoms with E-state index in [4.69, 9.17) is 0 Å². The molecule has 11 heteroatoms. The van der Waals surface area contributed by atoms with E-state index in [9.17, 15) is 14.7 Å². The van der Waals surface area contributed by atoms with Gasteiger partial charge in [0, 0.05) is 29.7 Å². The molecule has 34 heavy (non-hydrogen) atoms. The molecule has 0 aliphatic rings. The summed E-state index contributed by atoms with van der Waals surface area (Å²) in [6, 6.07) is 7.38. The summed E-state index contributed by atoms with van der Waals surface area (Å²) < 4.78 is 3.54. The fourth-order valence-corrected chi connectivity index (χ4v) is 4.84. The van der Waals surface area contributed by atoms with Crippen molar-refractivity contribution in [1.82, 2.24) is 29.3 Å². The molecule has 0 fully saturated rings. The van der Waals surface area contributed by atoms with Gasteiger partial charge in [0.2, 0.25) is 5.95 Å². The van der Waals surface area contributed by atoms with Crippen molar-refractivity contribution in [3.8, 4) is 10.4 Å². The van der Waals surface area contributed by atoms with Crippen molar-refractivity contribution in [3.05, 3.63) is 52.0 Å². The molecule has 0 spiro atoms. The van der Waals surface area contributed by atoms with Crippen LogP contribution in [0.3, 0.4) is 0 Å². The van der Waals surface area contributed by atoms with Crippen LogP contribution in [0.5, 0.6) is 0 Å². The third-order valence-corrected chi connectivity index (χ3v) is 6.88. The number of carbonyl (C=O) groups is 1. The molecule has 0 radical (unpaired) electrons. The first kappa shape index (κ1) is 22.1. The van der Waals surface area contributed by atoms with Gasteiger partial charge in [-0.25, -0.2) is 9.78 Å². The van der Waals surface area contributed by atoms with Gasteiger partial charge in [0.15, 0.2) is 0 Å². The second-order valence-electron chi connectivity index (χ2n) is 8.79. The smallest absolute Gasteiger partial charge is 0.326 e. The van der Waals surface area contributed by atoms with Crippen molar-refractivity contribution in [2.75, 3.05) is 5.32 Å². The number of carbonyl (C=O) groups excluding carboxylic acids is 1. The Labute approximate surface area is 198 Å². The SMILES string of the molecule is CCn1c(=O)[nH]c2cc3nc(NC(=O)c4ccc(-c5cn[nH]c5)s4)n(CCC(C)(C)O)c3cc21. The standard InChI is InChI=1S/C23H25N7O3S/c1-4-29-16-10-17-14(9-15(16)27-22(29)32)26-21(30(17)8-7-23(2,3)33)28-20(31)19-6-5-18(34-19)13-11-24-25-12-13/h5-6,9-12,33H,4,7-8H2,1-3H3,(H,24,25)(H,27,32)(H,26,28,31). The van der Waals surface area contributed by atoms with Crippen LogP contribution >= 0.6 is 11.3 Å². The molecule has 0 aliphatic carbocycles. The van der Waals surface area contributed by atoms with Crippen LogP contribution in [-0.2, 0) is 13.1 Å². The lowest BCUT2D eigenvalue weighted by molar-refractivity contribution is 0.0667. The number of fused-ring (bicyclic) bond motifs is 2. The molecular weight excluding hydrogens is 454 g/mol. The van der Waals surface area contributed by atoms with Gasteiger partial charge in [0.1, 0.15) is 0 Å². The number of amides is 1. The van der Waals surface area contributed by atoms with Crippen LogP contribution in [0.4, 0.5) is 5.95 Å². The maximum absolute atomic E-state index is 13.1. The minimum atomic E-state index is -0.894. The Morgan fingerprint density at radius 3 is 2.76 bits per heavy atom. The van der Waals surface area contributed by atoms with Gasteiger partial charge in [-0.2, -0.15) is 5.10 Å². The maximum Gasteiger partial charge on any atom is 0.326 e. The number of hydrogen-bond acceptors (Lipinski definition) is 6. The zero-order chi connectivity index (χ0) is 24.0. The van der Waals surface area contributed by atoms with Gasteiger partial charge < -0.3 is 14.7 Å².